The lowest BCUT2D eigenvalue weighted by molar-refractivity contribution is -0.683. The number of hydrogen-bond donors (Lipinski definition) is 1. The van der Waals surface area contributed by atoms with Gasteiger partial charge in [0.25, 0.3) is 0 Å². The van der Waals surface area contributed by atoms with E-state index in [1.807, 2.05) is 0 Å². The van der Waals surface area contributed by atoms with Crippen LogP contribution >= 0.6 is 0 Å². The molecule has 2 aromatic rings. The van der Waals surface area contributed by atoms with Crippen molar-refractivity contribution in [3.63, 3.8) is 0 Å². The Bertz CT molecular complexity index is 592. The average molecular weight is 259 g/mol. The summed E-state index contributed by atoms with van der Waals surface area (Å²) in [5, 5.41) is 11.3. The van der Waals surface area contributed by atoms with Gasteiger partial charge in [-0.2, -0.15) is 4.57 Å². The van der Waals surface area contributed by atoms with Crippen molar-refractivity contribution in [1.29, 1.82) is 0 Å². The van der Waals surface area contributed by atoms with Crippen LogP contribution < -0.4 is 4.57 Å². The molecule has 1 aromatic heterocycles. The lowest BCUT2D eigenvalue weighted by atomic mass is 10.1. The molecule has 1 N–H and O–H groups in total. The van der Waals surface area contributed by atoms with Crippen LogP contribution in [0.1, 0.15) is 15.9 Å². The maximum Gasteiger partial charge on any atom is 0.227 e. The molecule has 4 nitrogen and oxygen atoms in total. The Balaban J connectivity index is 2.08. The van der Waals surface area contributed by atoms with Crippen molar-refractivity contribution in [2.75, 3.05) is 0 Å². The molecular weight excluding hydrogens is 247 g/mol. The summed E-state index contributed by atoms with van der Waals surface area (Å²) in [5.41, 5.74) is 1.20. The van der Waals surface area contributed by atoms with Gasteiger partial charge in [-0.05, 0) is 24.3 Å². The number of rotatable bonds is 4. The van der Waals surface area contributed by atoms with Crippen molar-refractivity contribution in [2.24, 2.45) is 5.16 Å². The maximum absolute atomic E-state index is 12.7. The zero-order chi connectivity index (χ0) is 13.7. The third-order valence-electron chi connectivity index (χ3n) is 2.62. The van der Waals surface area contributed by atoms with E-state index < -0.39 is 0 Å². The summed E-state index contributed by atoms with van der Waals surface area (Å²) in [7, 11) is 0. The van der Waals surface area contributed by atoms with E-state index in [0.29, 0.717) is 5.56 Å². The molecule has 1 aromatic carbocycles. The summed E-state index contributed by atoms with van der Waals surface area (Å²) < 4.78 is 14.4. The minimum Gasteiger partial charge on any atom is -0.411 e. The summed E-state index contributed by atoms with van der Waals surface area (Å²) >= 11 is 0. The fourth-order valence-electron chi connectivity index (χ4n) is 1.62. The molecule has 0 bridgehead atoms. The van der Waals surface area contributed by atoms with Gasteiger partial charge in [-0.15, -0.1) is 0 Å². The van der Waals surface area contributed by atoms with Crippen LogP contribution in [0.5, 0.6) is 0 Å². The third kappa shape index (κ3) is 3.45. The molecule has 96 valence electrons. The number of Topliss-reactive ketones (excluding diaryl/α,β-unsaturated/α-hetero) is 1. The van der Waals surface area contributed by atoms with Crippen molar-refractivity contribution < 1.29 is 19.0 Å². The lowest BCUT2D eigenvalue weighted by Crippen LogP contribution is -2.37. The van der Waals surface area contributed by atoms with Crippen LogP contribution in [-0.4, -0.2) is 17.2 Å². The SMILES string of the molecule is O=C(C[n+]1ccc(/C=N/O)cc1)c1ccc(F)cc1. The first-order valence-corrected chi connectivity index (χ1v) is 5.64. The average Bonchev–Trinajstić information content (AvgIpc) is 2.42. The molecule has 0 amide bonds. The largest absolute Gasteiger partial charge is 0.411 e. The first-order valence-electron chi connectivity index (χ1n) is 5.64. The zero-order valence-electron chi connectivity index (χ0n) is 10.0. The van der Waals surface area contributed by atoms with E-state index in [1.54, 1.807) is 29.1 Å². The lowest BCUT2D eigenvalue weighted by Gasteiger charge is -1.98. The Labute approximate surface area is 109 Å². The highest BCUT2D eigenvalue weighted by Gasteiger charge is 2.11. The Morgan fingerprint density at radius 1 is 1.21 bits per heavy atom. The smallest absolute Gasteiger partial charge is 0.227 e. The molecule has 0 fully saturated rings. The predicted octanol–water partition coefficient (Wildman–Crippen LogP) is 1.80. The quantitative estimate of drug-likeness (QED) is 0.299. The van der Waals surface area contributed by atoms with Crippen LogP contribution in [0.15, 0.2) is 53.9 Å². The van der Waals surface area contributed by atoms with Gasteiger partial charge in [-0.25, -0.2) is 4.39 Å². The minimum absolute atomic E-state index is 0.103. The molecule has 2 rings (SSSR count). The highest BCUT2D eigenvalue weighted by Crippen LogP contribution is 2.03. The molecule has 0 atom stereocenters. The van der Waals surface area contributed by atoms with Crippen LogP contribution in [0.25, 0.3) is 0 Å². The first kappa shape index (κ1) is 12.9. The van der Waals surface area contributed by atoms with Gasteiger partial charge >= 0.3 is 0 Å². The van der Waals surface area contributed by atoms with Crippen molar-refractivity contribution in [3.05, 3.63) is 65.7 Å². The van der Waals surface area contributed by atoms with Gasteiger partial charge in [0.2, 0.25) is 12.3 Å². The van der Waals surface area contributed by atoms with Gasteiger partial charge in [0, 0.05) is 23.3 Å². The Morgan fingerprint density at radius 2 is 1.84 bits per heavy atom. The standard InChI is InChI=1S/C14H11FN2O2/c15-13-3-1-12(2-4-13)14(18)10-17-7-5-11(6-8-17)9-16-19/h1-9H,10H2/p+1. The highest BCUT2D eigenvalue weighted by molar-refractivity contribution is 5.94. The first-order chi connectivity index (χ1) is 9.19. The molecule has 0 unspecified atom stereocenters. The molecule has 0 aliphatic heterocycles. The van der Waals surface area contributed by atoms with Crippen LogP contribution in [-0.2, 0) is 6.54 Å². The second-order valence-electron chi connectivity index (χ2n) is 3.98. The summed E-state index contributed by atoms with van der Waals surface area (Å²) in [6.45, 7) is 0.169. The maximum atomic E-state index is 12.7. The molecular formula is C14H12FN2O2+. The predicted molar refractivity (Wildman–Crippen MR) is 66.7 cm³/mol. The number of pyridine rings is 1. The van der Waals surface area contributed by atoms with Gasteiger partial charge in [-0.1, -0.05) is 5.16 Å². The number of nitrogens with zero attached hydrogens (tertiary/aromatic N) is 2. The van der Waals surface area contributed by atoms with Gasteiger partial charge < -0.3 is 5.21 Å². The molecule has 19 heavy (non-hydrogen) atoms. The van der Waals surface area contributed by atoms with E-state index in [-0.39, 0.29) is 18.1 Å². The second-order valence-corrected chi connectivity index (χ2v) is 3.98. The summed E-state index contributed by atoms with van der Waals surface area (Å²) in [6, 6.07) is 8.89. The summed E-state index contributed by atoms with van der Waals surface area (Å²) in [4.78, 5) is 11.9. The normalized spacial score (nSPS) is 10.8. The molecule has 0 aliphatic carbocycles. The van der Waals surface area contributed by atoms with Crippen molar-refractivity contribution in [3.8, 4) is 0 Å². The monoisotopic (exact) mass is 259 g/mol. The third-order valence-corrected chi connectivity index (χ3v) is 2.62. The van der Waals surface area contributed by atoms with E-state index in [4.69, 9.17) is 5.21 Å². The van der Waals surface area contributed by atoms with Gasteiger partial charge in [0.1, 0.15) is 5.82 Å². The van der Waals surface area contributed by atoms with Crippen LogP contribution in [0.4, 0.5) is 4.39 Å². The Morgan fingerprint density at radius 3 is 2.42 bits per heavy atom. The van der Waals surface area contributed by atoms with E-state index in [9.17, 15) is 9.18 Å². The summed E-state index contributed by atoms with van der Waals surface area (Å²) in [6.07, 6.45) is 4.71. The molecule has 0 saturated carbocycles. The molecule has 0 saturated heterocycles. The second kappa shape index (κ2) is 5.86. The molecule has 0 spiro atoms. The fourth-order valence-corrected chi connectivity index (χ4v) is 1.62. The van der Waals surface area contributed by atoms with Crippen molar-refractivity contribution in [1.82, 2.24) is 0 Å². The van der Waals surface area contributed by atoms with E-state index in [1.165, 1.54) is 30.5 Å². The molecule has 5 heteroatoms. The number of benzene rings is 1. The van der Waals surface area contributed by atoms with Crippen LogP contribution in [0, 0.1) is 5.82 Å². The van der Waals surface area contributed by atoms with E-state index >= 15 is 0 Å². The summed E-state index contributed by atoms with van der Waals surface area (Å²) in [5.74, 6) is -0.467. The fraction of sp³-hybridized carbons (Fsp3) is 0.0714. The number of carbonyl (C=O) groups excluding carboxylic acids is 1. The topological polar surface area (TPSA) is 53.5 Å². The molecule has 1 heterocycles. The number of halogens is 1. The molecule has 0 aliphatic rings. The highest BCUT2D eigenvalue weighted by atomic mass is 19.1. The van der Waals surface area contributed by atoms with Crippen molar-refractivity contribution >= 4 is 12.0 Å². The number of oxime groups is 1. The zero-order valence-corrected chi connectivity index (χ0v) is 10.0. The number of carbonyl (C=O) groups is 1. The van der Waals surface area contributed by atoms with E-state index in [2.05, 4.69) is 5.16 Å². The minimum atomic E-state index is -0.364. The van der Waals surface area contributed by atoms with Crippen LogP contribution in [0.3, 0.4) is 0 Å². The van der Waals surface area contributed by atoms with Gasteiger partial charge in [-0.3, -0.25) is 4.79 Å². The number of hydrogen-bond acceptors (Lipinski definition) is 3. The van der Waals surface area contributed by atoms with Gasteiger partial charge in [0.05, 0.1) is 6.21 Å². The van der Waals surface area contributed by atoms with Crippen molar-refractivity contribution in [2.45, 2.75) is 6.54 Å². The number of aromatic nitrogens is 1. The Kier molecular flexibility index (Phi) is 3.97. The Hall–Kier alpha value is -2.56. The van der Waals surface area contributed by atoms with Gasteiger partial charge in [0.15, 0.2) is 12.4 Å². The number of ketones is 1. The van der Waals surface area contributed by atoms with Crippen LogP contribution in [0.2, 0.25) is 0 Å². The van der Waals surface area contributed by atoms with E-state index in [0.717, 1.165) is 5.56 Å². The molecule has 0 radical (unpaired) electrons.